The van der Waals surface area contributed by atoms with Crippen LogP contribution in [0.2, 0.25) is 0 Å². The van der Waals surface area contributed by atoms with E-state index in [4.69, 9.17) is 0 Å². The van der Waals surface area contributed by atoms with Crippen LogP contribution in [0.3, 0.4) is 0 Å². The molecule has 0 spiro atoms. The lowest BCUT2D eigenvalue weighted by Gasteiger charge is -2.48. The lowest BCUT2D eigenvalue weighted by Crippen LogP contribution is -2.39. The highest BCUT2D eigenvalue weighted by molar-refractivity contribution is 6.44. The van der Waals surface area contributed by atoms with Gasteiger partial charge >= 0.3 is 0 Å². The average molecular weight is 1180 g/mol. The molecule has 0 N–H and O–H groups in total. The maximum atomic E-state index is 2.81. The van der Waals surface area contributed by atoms with E-state index >= 15 is 0 Å². The van der Waals surface area contributed by atoms with E-state index in [-0.39, 0.29) is 5.41 Å². The predicted octanol–water partition coefficient (Wildman–Crippen LogP) is 27.4. The monoisotopic (exact) mass is 1180 g/mol. The molecular formula is C89H112. The molecule has 3 aliphatic rings. The van der Waals surface area contributed by atoms with E-state index in [0.717, 1.165) is 55.3 Å². The molecule has 0 heterocycles. The van der Waals surface area contributed by atoms with Crippen LogP contribution in [-0.2, 0) is 25.7 Å². The third-order valence-electron chi connectivity index (χ3n) is 24.6. The maximum Gasteiger partial charge on any atom is -0.000719 e. The third kappa shape index (κ3) is 11.6. The van der Waals surface area contributed by atoms with Crippen molar-refractivity contribution in [3.63, 3.8) is 0 Å². The van der Waals surface area contributed by atoms with Gasteiger partial charge in [-0.2, -0.15) is 0 Å². The van der Waals surface area contributed by atoms with Crippen molar-refractivity contribution in [2.24, 2.45) is 51.8 Å². The van der Waals surface area contributed by atoms with E-state index < -0.39 is 0 Å². The molecule has 7 atom stereocenters. The lowest BCUT2D eigenvalue weighted by atomic mass is 9.57. The van der Waals surface area contributed by atoms with Crippen molar-refractivity contribution >= 4 is 75.4 Å². The van der Waals surface area contributed by atoms with Crippen molar-refractivity contribution in [3.05, 3.63) is 143 Å². The molecule has 3 aliphatic carbocycles. The molecule has 0 heteroatoms. The van der Waals surface area contributed by atoms with Gasteiger partial charge in [0.15, 0.2) is 0 Å². The Morgan fingerprint density at radius 2 is 0.854 bits per heavy atom. The number of unbranched alkanes of at least 4 members (excludes halogenated alkanes) is 12. The quantitative estimate of drug-likeness (QED) is 0.0442. The molecule has 0 nitrogen and oxygen atoms in total. The molecule has 468 valence electrons. The summed E-state index contributed by atoms with van der Waals surface area (Å²) < 4.78 is 0. The highest BCUT2D eigenvalue weighted by atomic mass is 14.7. The first-order valence-electron chi connectivity index (χ1n) is 37.0. The first-order valence-corrected chi connectivity index (χ1v) is 37.0. The number of hydrogen-bond acceptors (Lipinski definition) is 0. The lowest BCUT2D eigenvalue weighted by molar-refractivity contribution is 0.0401. The highest BCUT2D eigenvalue weighted by Crippen LogP contribution is 2.69. The molecule has 3 saturated carbocycles. The van der Waals surface area contributed by atoms with Gasteiger partial charge in [0.25, 0.3) is 0 Å². The molecule has 0 amide bonds. The van der Waals surface area contributed by atoms with Crippen LogP contribution in [0.15, 0.2) is 115 Å². The van der Waals surface area contributed by atoms with Gasteiger partial charge in [0, 0.05) is 0 Å². The van der Waals surface area contributed by atoms with Crippen LogP contribution >= 0.6 is 0 Å². The summed E-state index contributed by atoms with van der Waals surface area (Å²) in [7, 11) is 0. The Labute approximate surface area is 538 Å². The molecule has 10 aromatic rings. The number of fused-ring (bicyclic) bond motifs is 11. The van der Waals surface area contributed by atoms with Crippen LogP contribution in [0.1, 0.15) is 252 Å². The van der Waals surface area contributed by atoms with Crippen LogP contribution in [0.25, 0.3) is 97.7 Å². The molecule has 10 aromatic carbocycles. The summed E-state index contributed by atoms with van der Waals surface area (Å²) in [6.07, 6.45) is 31.9. The maximum absolute atomic E-state index is 2.81. The second kappa shape index (κ2) is 25.6. The minimum absolute atomic E-state index is 0.267. The normalized spacial score (nSPS) is 21.5. The summed E-state index contributed by atoms with van der Waals surface area (Å²) in [4.78, 5) is 0. The topological polar surface area (TPSA) is 0 Å². The Balaban J connectivity index is 1.12. The van der Waals surface area contributed by atoms with E-state index in [1.54, 1.807) is 5.56 Å². The smallest absolute Gasteiger partial charge is 0.000719 e. The molecule has 0 aliphatic heterocycles. The second-order valence-corrected chi connectivity index (χ2v) is 32.7. The summed E-state index contributed by atoms with van der Waals surface area (Å²) in [5.74, 6) is 5.16. The SMILES string of the molecule is CCCCCCc1cc(CCCCCC)cc(-c2c3cc4c5cc(C6CC(C(C)(C)C)CC7C6C6CCC(C(C)(C)C)CC6C7(C)C)ccc5c5cccc(c3c(-c3cc(CCCCCC)cc(CCCCCC)c3)c3c6cccc7cccc(c23)c76)c54)c1. The molecule has 0 aromatic heterocycles. The predicted molar refractivity (Wildman–Crippen MR) is 393 cm³/mol. The Morgan fingerprint density at radius 3 is 1.38 bits per heavy atom. The summed E-state index contributed by atoms with van der Waals surface area (Å²) in [5, 5.41) is 20.2. The summed E-state index contributed by atoms with van der Waals surface area (Å²) >= 11 is 0. The number of rotatable bonds is 23. The van der Waals surface area contributed by atoms with Crippen molar-refractivity contribution < 1.29 is 0 Å². The number of aryl methyl sites for hydroxylation is 4. The molecule has 13 rings (SSSR count). The van der Waals surface area contributed by atoms with Crippen molar-refractivity contribution in [3.8, 4) is 22.3 Å². The Hall–Kier alpha value is -5.46. The zero-order chi connectivity index (χ0) is 61.9. The minimum Gasteiger partial charge on any atom is -0.0654 e. The van der Waals surface area contributed by atoms with Gasteiger partial charge in [-0.1, -0.05) is 269 Å². The van der Waals surface area contributed by atoms with E-state index in [0.29, 0.717) is 22.7 Å². The summed E-state index contributed by atoms with van der Waals surface area (Å²) in [6.45, 7) is 30.2. The van der Waals surface area contributed by atoms with Gasteiger partial charge in [-0.15, -0.1) is 0 Å². The van der Waals surface area contributed by atoms with Crippen molar-refractivity contribution in [1.82, 2.24) is 0 Å². The zero-order valence-electron chi connectivity index (χ0n) is 57.7. The van der Waals surface area contributed by atoms with Crippen LogP contribution in [0.4, 0.5) is 0 Å². The molecule has 89 heavy (non-hydrogen) atoms. The van der Waals surface area contributed by atoms with E-state index in [2.05, 4.69) is 198 Å². The second-order valence-electron chi connectivity index (χ2n) is 32.7. The molecule has 0 saturated heterocycles. The van der Waals surface area contributed by atoms with Gasteiger partial charge in [0.05, 0.1) is 0 Å². The van der Waals surface area contributed by atoms with Gasteiger partial charge < -0.3 is 0 Å². The molecule has 0 radical (unpaired) electrons. The molecule has 3 fully saturated rings. The standard InChI is InChI=1S/C89H112/c1-13-17-21-25-32-57-46-58(33-26-22-18-14-2)49-63(48-57)80-76-56-75-74-52-62(73-53-66(88(8,9)10)55-78-83(73)69-45-43-65(87(5,6)7)54-77(69)89(78,11)12)42-44-67(74)68-38-31-41-72(82(68)75)84(76)81(86-71-40-30-37-61-36-29-39-70(79(61)71)85(80)86)64-50-59(34-27-23-19-15-3)47-60(51-64)35-28-24-20-16-4/h29-31,36-42,44,46-52,56,65-66,69,73,77-78,83H,13-28,32-35,43,45,53-55H2,1-12H3. The number of benzene rings is 8. The molecular weight excluding hydrogens is 1070 g/mol. The highest BCUT2D eigenvalue weighted by Gasteiger charge is 2.61. The van der Waals surface area contributed by atoms with Gasteiger partial charge in [-0.05, 0) is 273 Å². The van der Waals surface area contributed by atoms with Crippen molar-refractivity contribution in [1.29, 1.82) is 0 Å². The van der Waals surface area contributed by atoms with E-state index in [9.17, 15) is 0 Å². The Morgan fingerprint density at radius 1 is 0.371 bits per heavy atom. The zero-order valence-corrected chi connectivity index (χ0v) is 57.7. The van der Waals surface area contributed by atoms with Gasteiger partial charge in [-0.25, -0.2) is 0 Å². The fourth-order valence-electron chi connectivity index (χ4n) is 19.8. The largest absolute Gasteiger partial charge is 0.0654 e. The number of hydrogen-bond donors (Lipinski definition) is 0. The Kier molecular flexibility index (Phi) is 17.9. The van der Waals surface area contributed by atoms with Gasteiger partial charge in [0.2, 0.25) is 0 Å². The van der Waals surface area contributed by atoms with E-state index in [1.165, 1.54) is 255 Å². The Bertz CT molecular complexity index is 4040. The van der Waals surface area contributed by atoms with Crippen LogP contribution in [0, 0.1) is 51.8 Å². The first kappa shape index (κ1) is 62.4. The van der Waals surface area contributed by atoms with Crippen molar-refractivity contribution in [2.75, 3.05) is 0 Å². The average Bonchev–Trinajstić information content (AvgIpc) is 1.59. The van der Waals surface area contributed by atoms with E-state index in [1.807, 2.05) is 0 Å². The minimum atomic E-state index is 0.267. The van der Waals surface area contributed by atoms with Crippen LogP contribution < -0.4 is 0 Å². The first-order chi connectivity index (χ1) is 43.0. The van der Waals surface area contributed by atoms with Crippen molar-refractivity contribution in [2.45, 2.75) is 250 Å². The van der Waals surface area contributed by atoms with Gasteiger partial charge in [-0.3, -0.25) is 0 Å². The fourth-order valence-corrected chi connectivity index (χ4v) is 19.8. The van der Waals surface area contributed by atoms with Crippen LogP contribution in [0.5, 0.6) is 0 Å². The van der Waals surface area contributed by atoms with Gasteiger partial charge in [0.1, 0.15) is 0 Å². The molecule has 0 bridgehead atoms. The molecule has 7 unspecified atom stereocenters. The fraction of sp³-hybridized carbons (Fsp3) is 0.528. The third-order valence-corrected chi connectivity index (χ3v) is 24.6. The summed E-state index contributed by atoms with van der Waals surface area (Å²) in [5.41, 5.74) is 14.5. The summed E-state index contributed by atoms with van der Waals surface area (Å²) in [6, 6.07) is 48.9. The van der Waals surface area contributed by atoms with Crippen LogP contribution in [-0.4, -0.2) is 0 Å².